The first-order chi connectivity index (χ1) is 15.6. The molecule has 1 aromatic heterocycles. The number of benzene rings is 4. The molecule has 5 nitrogen and oxygen atoms in total. The minimum Gasteiger partial charge on any atom is -0.344 e. The van der Waals surface area contributed by atoms with Gasteiger partial charge in [-0.05, 0) is 41.5 Å². The van der Waals surface area contributed by atoms with Gasteiger partial charge in [-0.25, -0.2) is 0 Å². The Labute approximate surface area is 184 Å². The number of aromatic nitrogens is 2. The van der Waals surface area contributed by atoms with Crippen LogP contribution in [0.15, 0.2) is 102 Å². The quantitative estimate of drug-likeness (QED) is 0.444. The number of hydrogen-bond acceptors (Lipinski definition) is 3. The highest BCUT2D eigenvalue weighted by atomic mass is 16.2. The third-order valence-electron chi connectivity index (χ3n) is 5.66. The smallest absolute Gasteiger partial charge is 0.279 e. The van der Waals surface area contributed by atoms with E-state index < -0.39 is 0 Å². The molecule has 0 radical (unpaired) electrons. The van der Waals surface area contributed by atoms with Gasteiger partial charge in [-0.15, -0.1) is 0 Å². The van der Waals surface area contributed by atoms with Crippen LogP contribution in [0.3, 0.4) is 0 Å². The normalized spacial score (nSPS) is 12.0. The lowest BCUT2D eigenvalue weighted by molar-refractivity contribution is 0.0935. The summed E-state index contributed by atoms with van der Waals surface area (Å²) in [5.41, 5.74) is 1.60. The highest BCUT2D eigenvalue weighted by Crippen LogP contribution is 2.25. The number of nitrogens with one attached hydrogen (secondary N) is 1. The minimum absolute atomic E-state index is 0.219. The first kappa shape index (κ1) is 19.7. The number of carbonyl (C=O) groups is 1. The molecule has 0 aliphatic rings. The summed E-state index contributed by atoms with van der Waals surface area (Å²) >= 11 is 0. The van der Waals surface area contributed by atoms with Crippen molar-refractivity contribution in [2.24, 2.45) is 0 Å². The topological polar surface area (TPSA) is 64.0 Å². The number of nitrogens with zero attached hydrogens (tertiary/aromatic N) is 2. The Morgan fingerprint density at radius 1 is 0.781 bits per heavy atom. The van der Waals surface area contributed by atoms with Crippen molar-refractivity contribution >= 4 is 27.5 Å². The molecule has 156 valence electrons. The van der Waals surface area contributed by atoms with Gasteiger partial charge in [0.05, 0.1) is 17.1 Å². The number of rotatable bonds is 4. The standard InChI is InChI=1S/C27H21N3O2/c1-18(21-17-9-11-19-10-5-6-14-22(19)21)28-26(31)25-23-15-7-8-16-24(23)27(32)30(29-25)20-12-3-2-4-13-20/h2-18H,1H3,(H,28,31). The zero-order valence-corrected chi connectivity index (χ0v) is 17.5. The summed E-state index contributed by atoms with van der Waals surface area (Å²) in [5, 5.41) is 10.7. The molecule has 5 heteroatoms. The third-order valence-corrected chi connectivity index (χ3v) is 5.66. The molecule has 0 saturated carbocycles. The maximum absolute atomic E-state index is 13.4. The molecule has 1 amide bonds. The number of amides is 1. The fourth-order valence-electron chi connectivity index (χ4n) is 4.07. The molecule has 32 heavy (non-hydrogen) atoms. The molecule has 0 saturated heterocycles. The Bertz CT molecular complexity index is 1500. The molecule has 1 heterocycles. The summed E-state index contributed by atoms with van der Waals surface area (Å²) < 4.78 is 1.29. The van der Waals surface area contributed by atoms with Crippen molar-refractivity contribution < 1.29 is 4.79 Å². The molecule has 0 aliphatic carbocycles. The van der Waals surface area contributed by atoms with E-state index >= 15 is 0 Å². The lowest BCUT2D eigenvalue weighted by Gasteiger charge is -2.17. The van der Waals surface area contributed by atoms with Crippen LogP contribution < -0.4 is 10.9 Å². The maximum atomic E-state index is 13.4. The van der Waals surface area contributed by atoms with E-state index in [0.29, 0.717) is 16.5 Å². The van der Waals surface area contributed by atoms with E-state index in [1.54, 1.807) is 36.4 Å². The summed E-state index contributed by atoms with van der Waals surface area (Å²) in [6, 6.07) is 30.1. The minimum atomic E-state index is -0.327. The first-order valence-electron chi connectivity index (χ1n) is 10.5. The predicted molar refractivity (Wildman–Crippen MR) is 127 cm³/mol. The van der Waals surface area contributed by atoms with Gasteiger partial charge in [-0.2, -0.15) is 9.78 Å². The Hall–Kier alpha value is -4.25. The number of hydrogen-bond donors (Lipinski definition) is 1. The van der Waals surface area contributed by atoms with Gasteiger partial charge in [0.25, 0.3) is 11.5 Å². The fraction of sp³-hybridized carbons (Fsp3) is 0.0741. The fourth-order valence-corrected chi connectivity index (χ4v) is 4.07. The van der Waals surface area contributed by atoms with Crippen LogP contribution in [-0.2, 0) is 0 Å². The first-order valence-corrected chi connectivity index (χ1v) is 10.5. The molecule has 0 aliphatic heterocycles. The van der Waals surface area contributed by atoms with Crippen LogP contribution in [0.4, 0.5) is 0 Å². The van der Waals surface area contributed by atoms with Gasteiger partial charge in [0.1, 0.15) is 0 Å². The molecule has 0 fully saturated rings. The van der Waals surface area contributed by atoms with E-state index in [-0.39, 0.29) is 23.2 Å². The highest BCUT2D eigenvalue weighted by Gasteiger charge is 2.20. The number of carbonyl (C=O) groups excluding carboxylic acids is 1. The van der Waals surface area contributed by atoms with E-state index in [4.69, 9.17) is 0 Å². The van der Waals surface area contributed by atoms with Crippen molar-refractivity contribution in [1.82, 2.24) is 15.1 Å². The van der Waals surface area contributed by atoms with Crippen molar-refractivity contribution in [2.75, 3.05) is 0 Å². The van der Waals surface area contributed by atoms with Crippen molar-refractivity contribution in [3.63, 3.8) is 0 Å². The zero-order valence-electron chi connectivity index (χ0n) is 17.5. The SMILES string of the molecule is CC(NC(=O)c1nn(-c2ccccc2)c(=O)c2ccccc12)c1cccc2ccccc12. The monoisotopic (exact) mass is 419 g/mol. The van der Waals surface area contributed by atoms with E-state index in [1.165, 1.54) is 4.68 Å². The molecule has 0 spiro atoms. The maximum Gasteiger partial charge on any atom is 0.279 e. The molecular formula is C27H21N3O2. The van der Waals surface area contributed by atoms with Crippen LogP contribution in [0.1, 0.15) is 29.0 Å². The van der Waals surface area contributed by atoms with Gasteiger partial charge in [0.2, 0.25) is 0 Å². The van der Waals surface area contributed by atoms with Crippen molar-refractivity contribution in [2.45, 2.75) is 13.0 Å². The second-order valence-corrected chi connectivity index (χ2v) is 7.71. The number of fused-ring (bicyclic) bond motifs is 2. The van der Waals surface area contributed by atoms with E-state index in [1.807, 2.05) is 49.4 Å². The van der Waals surface area contributed by atoms with Crippen molar-refractivity contribution in [3.05, 3.63) is 119 Å². The van der Waals surface area contributed by atoms with Crippen LogP contribution in [0.25, 0.3) is 27.2 Å². The summed E-state index contributed by atoms with van der Waals surface area (Å²) in [5.74, 6) is -0.327. The second-order valence-electron chi connectivity index (χ2n) is 7.71. The largest absolute Gasteiger partial charge is 0.344 e. The Kier molecular flexibility index (Phi) is 5.00. The predicted octanol–water partition coefficient (Wildman–Crippen LogP) is 5.03. The van der Waals surface area contributed by atoms with E-state index in [0.717, 1.165) is 16.3 Å². The molecule has 4 aromatic carbocycles. The van der Waals surface area contributed by atoms with E-state index in [9.17, 15) is 9.59 Å². The van der Waals surface area contributed by atoms with Crippen molar-refractivity contribution in [3.8, 4) is 5.69 Å². The van der Waals surface area contributed by atoms with Gasteiger partial charge < -0.3 is 5.32 Å². The average molecular weight is 419 g/mol. The molecule has 5 aromatic rings. The molecule has 1 N–H and O–H groups in total. The van der Waals surface area contributed by atoms with Crippen molar-refractivity contribution in [1.29, 1.82) is 0 Å². The molecular weight excluding hydrogens is 398 g/mol. The Morgan fingerprint density at radius 2 is 1.41 bits per heavy atom. The molecule has 5 rings (SSSR count). The Morgan fingerprint density at radius 3 is 2.19 bits per heavy atom. The summed E-state index contributed by atoms with van der Waals surface area (Å²) in [7, 11) is 0. The second kappa shape index (κ2) is 8.12. The highest BCUT2D eigenvalue weighted by molar-refractivity contribution is 6.05. The van der Waals surface area contributed by atoms with Crippen LogP contribution in [-0.4, -0.2) is 15.7 Å². The lowest BCUT2D eigenvalue weighted by Crippen LogP contribution is -2.31. The van der Waals surface area contributed by atoms with E-state index in [2.05, 4.69) is 28.6 Å². The summed E-state index contributed by atoms with van der Waals surface area (Å²) in [6.07, 6.45) is 0. The van der Waals surface area contributed by atoms with Gasteiger partial charge in [0.15, 0.2) is 5.69 Å². The van der Waals surface area contributed by atoms with Crippen LogP contribution in [0.5, 0.6) is 0 Å². The molecule has 1 atom stereocenters. The van der Waals surface area contributed by atoms with Crippen LogP contribution in [0.2, 0.25) is 0 Å². The van der Waals surface area contributed by atoms with Crippen LogP contribution >= 0.6 is 0 Å². The zero-order chi connectivity index (χ0) is 22.1. The molecule has 0 bridgehead atoms. The van der Waals surface area contributed by atoms with Gasteiger partial charge in [0, 0.05) is 5.39 Å². The molecule has 1 unspecified atom stereocenters. The van der Waals surface area contributed by atoms with Gasteiger partial charge in [-0.3, -0.25) is 9.59 Å². The summed E-state index contributed by atoms with van der Waals surface area (Å²) in [4.78, 5) is 26.4. The third kappa shape index (κ3) is 3.44. The summed E-state index contributed by atoms with van der Waals surface area (Å²) in [6.45, 7) is 1.95. The Balaban J connectivity index is 1.59. The van der Waals surface area contributed by atoms with Gasteiger partial charge >= 0.3 is 0 Å². The average Bonchev–Trinajstić information content (AvgIpc) is 2.84. The van der Waals surface area contributed by atoms with Crippen LogP contribution in [0, 0.1) is 0 Å². The lowest BCUT2D eigenvalue weighted by atomic mass is 9.99. The number of para-hydroxylation sites is 1. The van der Waals surface area contributed by atoms with Gasteiger partial charge in [-0.1, -0.05) is 78.9 Å².